The number of hydrogen-bond donors (Lipinski definition) is 1. The number of nitriles is 1. The molecule has 5 rings (SSSR count). The summed E-state index contributed by atoms with van der Waals surface area (Å²) in [6.45, 7) is 8.02. The molecular formula is C31H37FN6O7S. The zero-order valence-electron chi connectivity index (χ0n) is 29.1. The third kappa shape index (κ3) is 6.79. The molecule has 0 radical (unpaired) electrons. The third-order valence-electron chi connectivity index (χ3n) is 7.96. The molecule has 46 heavy (non-hydrogen) atoms. The van der Waals surface area contributed by atoms with Gasteiger partial charge in [-0.3, -0.25) is 14.1 Å². The molecule has 13 nitrogen and oxygen atoms in total. The summed E-state index contributed by atoms with van der Waals surface area (Å²) in [5.74, 6) is -2.59. The van der Waals surface area contributed by atoms with Gasteiger partial charge < -0.3 is 19.1 Å². The lowest BCUT2D eigenvalue weighted by Crippen LogP contribution is -2.48. The van der Waals surface area contributed by atoms with Crippen LogP contribution >= 0.6 is 0 Å². The maximum absolute atomic E-state index is 15.1. The van der Waals surface area contributed by atoms with Gasteiger partial charge in [-0.15, -0.1) is 0 Å². The van der Waals surface area contributed by atoms with Gasteiger partial charge in [0.1, 0.15) is 23.0 Å². The fourth-order valence-electron chi connectivity index (χ4n) is 5.36. The largest absolute Gasteiger partial charge is 0.453 e. The molecule has 0 bridgehead atoms. The van der Waals surface area contributed by atoms with Crippen LogP contribution in [0.15, 0.2) is 41.4 Å². The number of nitrogens with one attached hydrogen (secondary N) is 1. The summed E-state index contributed by atoms with van der Waals surface area (Å²) >= 11 is 0. The minimum atomic E-state index is -4.13. The summed E-state index contributed by atoms with van der Waals surface area (Å²) in [6.07, 6.45) is 2.26. The van der Waals surface area contributed by atoms with Crippen molar-refractivity contribution in [2.45, 2.75) is 64.2 Å². The standard InChI is InChI=1S/C31H37FN6O7S/c1-6-36(5)46(41,42)35-26-10-8-24(32)27(23(26)17-33)44-21-7-9-25-22(15-21)28(39)38(19-34-25)20-16-31(43-18-20)11-13-37(14-12-31)29(40)45-30(2,3)4/h7-10,15,19-20,35H,6,11-14,16,18H2,1-5H3/t20-/m1/s1/i7D,9D,15D. The molecule has 1 spiro atoms. The van der Waals surface area contributed by atoms with Crippen LogP contribution < -0.4 is 15.0 Å². The van der Waals surface area contributed by atoms with Gasteiger partial charge in [0.05, 0.1) is 45.3 Å². The second kappa shape index (κ2) is 12.5. The Hall–Kier alpha value is -4.26. The molecule has 0 saturated carbocycles. The SMILES string of the molecule is [2H]c1c(Oc2c(F)ccc(NS(=O)(=O)N(C)CC)c2C#N)c([2H])c2c(=O)n([C@H]3COC4(CCN(C(=O)OC(C)(C)C)CC4)C3)cnc2c1[2H]. The van der Waals surface area contributed by atoms with Crippen LogP contribution in [0.1, 0.15) is 62.7 Å². The molecule has 1 atom stereocenters. The summed E-state index contributed by atoms with van der Waals surface area (Å²) in [5.41, 5.74) is -3.09. The van der Waals surface area contributed by atoms with E-state index in [0.29, 0.717) is 32.4 Å². The van der Waals surface area contributed by atoms with Crippen LogP contribution in [0.3, 0.4) is 0 Å². The number of benzene rings is 2. The first-order chi connectivity index (χ1) is 22.9. The van der Waals surface area contributed by atoms with E-state index in [1.165, 1.54) is 17.9 Å². The van der Waals surface area contributed by atoms with Crippen molar-refractivity contribution < 1.29 is 35.9 Å². The first kappa shape index (κ1) is 29.2. The number of nitrogens with zero attached hydrogens (tertiary/aromatic N) is 5. The maximum atomic E-state index is 15.1. The van der Waals surface area contributed by atoms with Crippen molar-refractivity contribution in [2.75, 3.05) is 38.0 Å². The highest BCUT2D eigenvalue weighted by Crippen LogP contribution is 2.41. The average molecular weight is 660 g/mol. The van der Waals surface area contributed by atoms with Gasteiger partial charge in [-0.1, -0.05) is 6.92 Å². The van der Waals surface area contributed by atoms with Crippen LogP contribution in [-0.2, 0) is 19.7 Å². The number of hydrogen-bond acceptors (Lipinski definition) is 9. The Labute approximate surface area is 270 Å². The molecule has 2 saturated heterocycles. The Bertz CT molecular complexity index is 2030. The average Bonchev–Trinajstić information content (AvgIpc) is 3.44. The molecule has 1 N–H and O–H groups in total. The van der Waals surface area contributed by atoms with E-state index in [4.69, 9.17) is 18.3 Å². The fraction of sp³-hybridized carbons (Fsp3) is 0.484. The zero-order valence-corrected chi connectivity index (χ0v) is 27.0. The van der Waals surface area contributed by atoms with Crippen LogP contribution in [0.2, 0.25) is 0 Å². The van der Waals surface area contributed by atoms with Crippen LogP contribution in [-0.4, -0.2) is 77.8 Å². The van der Waals surface area contributed by atoms with Crippen molar-refractivity contribution in [3.05, 3.63) is 58.3 Å². The normalized spacial score (nSPS) is 19.0. The monoisotopic (exact) mass is 659 g/mol. The number of anilines is 1. The minimum Gasteiger partial charge on any atom is -0.453 e. The number of halogens is 1. The van der Waals surface area contributed by atoms with Gasteiger partial charge in [-0.2, -0.15) is 18.0 Å². The highest BCUT2D eigenvalue weighted by atomic mass is 32.2. The number of aromatic nitrogens is 2. The van der Waals surface area contributed by atoms with Gasteiger partial charge in [0, 0.05) is 26.7 Å². The summed E-state index contributed by atoms with van der Waals surface area (Å²) < 4.78 is 88.0. The molecule has 2 fully saturated rings. The third-order valence-corrected chi connectivity index (χ3v) is 9.52. The van der Waals surface area contributed by atoms with Crippen LogP contribution in [0.5, 0.6) is 11.5 Å². The first-order valence-corrected chi connectivity index (χ1v) is 16.1. The van der Waals surface area contributed by atoms with E-state index in [1.807, 2.05) is 0 Å². The Balaban J connectivity index is 1.47. The predicted molar refractivity (Wildman–Crippen MR) is 167 cm³/mol. The van der Waals surface area contributed by atoms with Crippen LogP contribution in [0.25, 0.3) is 10.9 Å². The highest BCUT2D eigenvalue weighted by molar-refractivity contribution is 7.90. The van der Waals surface area contributed by atoms with Crippen molar-refractivity contribution in [2.24, 2.45) is 0 Å². The lowest BCUT2D eigenvalue weighted by molar-refractivity contribution is -0.0486. The Morgan fingerprint density at radius 1 is 1.33 bits per heavy atom. The number of piperidine rings is 1. The fourth-order valence-corrected chi connectivity index (χ4v) is 6.30. The van der Waals surface area contributed by atoms with Crippen molar-refractivity contribution >= 4 is 32.9 Å². The smallest absolute Gasteiger partial charge is 0.410 e. The maximum Gasteiger partial charge on any atom is 0.410 e. The molecule has 0 unspecified atom stereocenters. The number of ether oxygens (including phenoxy) is 3. The number of fused-ring (bicyclic) bond motifs is 1. The molecule has 3 aromatic rings. The molecule has 2 aromatic carbocycles. The van der Waals surface area contributed by atoms with Crippen molar-refractivity contribution in [3.63, 3.8) is 0 Å². The summed E-state index contributed by atoms with van der Waals surface area (Å²) in [4.78, 5) is 32.3. The van der Waals surface area contributed by atoms with E-state index in [-0.39, 0.29) is 29.7 Å². The van der Waals surface area contributed by atoms with Crippen LogP contribution in [0, 0.1) is 17.1 Å². The van der Waals surface area contributed by atoms with E-state index in [9.17, 15) is 23.3 Å². The lowest BCUT2D eigenvalue weighted by Gasteiger charge is -2.39. The Morgan fingerprint density at radius 3 is 2.70 bits per heavy atom. The molecule has 2 aliphatic heterocycles. The molecule has 246 valence electrons. The summed E-state index contributed by atoms with van der Waals surface area (Å²) in [6, 6.07) is 1.15. The predicted octanol–water partition coefficient (Wildman–Crippen LogP) is 4.54. The summed E-state index contributed by atoms with van der Waals surface area (Å²) in [7, 11) is -2.83. The zero-order chi connectivity index (χ0) is 36.1. The van der Waals surface area contributed by atoms with Crippen LogP contribution in [0.4, 0.5) is 14.9 Å². The second-order valence-electron chi connectivity index (χ2n) is 12.2. The number of likely N-dealkylation sites (tertiary alicyclic amines) is 1. The number of carbonyl (C=O) groups is 1. The minimum absolute atomic E-state index is 0.0990. The van der Waals surface area contributed by atoms with E-state index >= 15 is 4.39 Å². The summed E-state index contributed by atoms with van der Waals surface area (Å²) in [5, 5.41) is 9.51. The van der Waals surface area contributed by atoms with Gasteiger partial charge in [0.25, 0.3) is 5.56 Å². The number of amides is 1. The van der Waals surface area contributed by atoms with Crippen molar-refractivity contribution in [1.82, 2.24) is 18.8 Å². The number of carbonyl (C=O) groups excluding carboxylic acids is 1. The van der Waals surface area contributed by atoms with E-state index < -0.39 is 80.1 Å². The molecule has 3 heterocycles. The van der Waals surface area contributed by atoms with E-state index in [0.717, 1.165) is 16.4 Å². The number of rotatable bonds is 7. The Morgan fingerprint density at radius 2 is 2.04 bits per heavy atom. The second-order valence-corrected chi connectivity index (χ2v) is 14.0. The van der Waals surface area contributed by atoms with E-state index in [1.54, 1.807) is 38.7 Å². The van der Waals surface area contributed by atoms with Gasteiger partial charge >= 0.3 is 16.3 Å². The van der Waals surface area contributed by atoms with Crippen molar-refractivity contribution in [3.8, 4) is 17.6 Å². The molecule has 15 heteroatoms. The van der Waals surface area contributed by atoms with Gasteiger partial charge in [-0.05, 0) is 70.3 Å². The molecular weight excluding hydrogens is 619 g/mol. The molecule has 1 aromatic heterocycles. The van der Waals surface area contributed by atoms with Gasteiger partial charge in [0.15, 0.2) is 11.6 Å². The highest BCUT2D eigenvalue weighted by Gasteiger charge is 2.45. The molecule has 0 aliphatic carbocycles. The molecule has 2 aliphatic rings. The molecule has 1 amide bonds. The lowest BCUT2D eigenvalue weighted by atomic mass is 9.87. The Kier molecular flexibility index (Phi) is 7.93. The van der Waals surface area contributed by atoms with Gasteiger partial charge in [-0.25, -0.2) is 14.2 Å². The topological polar surface area (TPSA) is 156 Å². The van der Waals surface area contributed by atoms with Crippen molar-refractivity contribution in [1.29, 1.82) is 5.26 Å². The first-order valence-electron chi connectivity index (χ1n) is 16.2. The van der Waals surface area contributed by atoms with E-state index in [2.05, 4.69) is 9.71 Å². The van der Waals surface area contributed by atoms with Gasteiger partial charge in [0.2, 0.25) is 0 Å². The quantitative estimate of drug-likeness (QED) is 0.385.